The minimum Gasteiger partial charge on any atom is -0.452 e. The van der Waals surface area contributed by atoms with E-state index >= 15 is 0 Å². The van der Waals surface area contributed by atoms with Gasteiger partial charge in [-0.15, -0.1) is 0 Å². The van der Waals surface area contributed by atoms with E-state index in [4.69, 9.17) is 4.74 Å². The average molecular weight is 427 g/mol. The quantitative estimate of drug-likeness (QED) is 0.731. The maximum atomic E-state index is 12.7. The van der Waals surface area contributed by atoms with Crippen LogP contribution in [0, 0.1) is 0 Å². The van der Waals surface area contributed by atoms with E-state index in [9.17, 15) is 18.0 Å². The minimum absolute atomic E-state index is 0.0402. The number of ether oxygens (including phenoxy) is 1. The number of esters is 1. The van der Waals surface area contributed by atoms with E-state index in [0.29, 0.717) is 12.1 Å². The molecule has 2 aromatic carbocycles. The molecule has 9 heteroatoms. The molecule has 2 heterocycles. The summed E-state index contributed by atoms with van der Waals surface area (Å²) in [6, 6.07) is 14.2. The highest BCUT2D eigenvalue weighted by Crippen LogP contribution is 2.28. The van der Waals surface area contributed by atoms with Crippen molar-refractivity contribution in [3.63, 3.8) is 0 Å². The van der Waals surface area contributed by atoms with Gasteiger partial charge in [-0.2, -0.15) is 0 Å². The number of carbonyl (C=O) groups excluding carboxylic acids is 2. The Hall–Kier alpha value is -3.20. The molecule has 2 aliphatic heterocycles. The normalized spacial score (nSPS) is 18.4. The second-order valence-electron chi connectivity index (χ2n) is 7.08. The number of para-hydroxylation sites is 1. The van der Waals surface area contributed by atoms with Gasteiger partial charge in [-0.05, 0) is 37.1 Å². The first-order chi connectivity index (χ1) is 14.4. The van der Waals surface area contributed by atoms with Crippen molar-refractivity contribution in [3.05, 3.63) is 59.7 Å². The van der Waals surface area contributed by atoms with Crippen molar-refractivity contribution in [1.29, 1.82) is 0 Å². The predicted octanol–water partition coefficient (Wildman–Crippen LogP) is 1.64. The Bertz CT molecular complexity index is 1140. The van der Waals surface area contributed by atoms with Gasteiger partial charge in [0, 0.05) is 17.8 Å². The van der Waals surface area contributed by atoms with Crippen molar-refractivity contribution in [3.8, 4) is 0 Å². The SMILES string of the molecule is CC(OC(=O)CCN=C1NS(=O)(=O)c2ccccc21)C(=O)N1CCc2ccccc21. The number of amides is 1. The van der Waals surface area contributed by atoms with Gasteiger partial charge in [-0.3, -0.25) is 19.3 Å². The van der Waals surface area contributed by atoms with Gasteiger partial charge in [0.2, 0.25) is 0 Å². The monoisotopic (exact) mass is 427 g/mol. The molecule has 0 saturated carbocycles. The third kappa shape index (κ3) is 3.80. The minimum atomic E-state index is -3.62. The first-order valence-electron chi connectivity index (χ1n) is 9.62. The number of aliphatic imine (C=N–C) groups is 1. The fourth-order valence-electron chi connectivity index (χ4n) is 3.60. The van der Waals surface area contributed by atoms with Crippen LogP contribution in [0.4, 0.5) is 5.69 Å². The molecule has 0 aliphatic carbocycles. The Kier molecular flexibility index (Phi) is 5.29. The molecular weight excluding hydrogens is 406 g/mol. The Morgan fingerprint density at radius 3 is 2.73 bits per heavy atom. The van der Waals surface area contributed by atoms with Gasteiger partial charge in [-0.25, -0.2) is 8.42 Å². The number of anilines is 1. The second kappa shape index (κ2) is 7.91. The summed E-state index contributed by atoms with van der Waals surface area (Å²) in [5.41, 5.74) is 2.42. The van der Waals surface area contributed by atoms with Crippen LogP contribution in [0.2, 0.25) is 0 Å². The molecule has 2 aliphatic rings. The first kappa shape index (κ1) is 20.1. The van der Waals surface area contributed by atoms with Crippen LogP contribution in [-0.4, -0.2) is 45.3 Å². The lowest BCUT2D eigenvalue weighted by Gasteiger charge is -2.21. The zero-order valence-electron chi connectivity index (χ0n) is 16.4. The molecule has 0 bridgehead atoms. The Morgan fingerprint density at radius 1 is 1.17 bits per heavy atom. The second-order valence-corrected chi connectivity index (χ2v) is 8.73. The molecule has 1 amide bonds. The maximum absolute atomic E-state index is 12.7. The molecular formula is C21H21N3O5S. The van der Waals surface area contributed by atoms with Crippen LogP contribution in [0.1, 0.15) is 24.5 Å². The summed E-state index contributed by atoms with van der Waals surface area (Å²) in [4.78, 5) is 30.8. The summed E-state index contributed by atoms with van der Waals surface area (Å²) >= 11 is 0. The molecule has 1 atom stereocenters. The van der Waals surface area contributed by atoms with Crippen LogP contribution in [0.3, 0.4) is 0 Å². The Morgan fingerprint density at radius 2 is 1.90 bits per heavy atom. The van der Waals surface area contributed by atoms with Crippen LogP contribution >= 0.6 is 0 Å². The van der Waals surface area contributed by atoms with Gasteiger partial charge in [0.25, 0.3) is 15.9 Å². The van der Waals surface area contributed by atoms with Gasteiger partial charge in [-0.1, -0.05) is 30.3 Å². The van der Waals surface area contributed by atoms with E-state index in [1.165, 1.54) is 6.07 Å². The molecule has 1 N–H and O–H groups in total. The van der Waals surface area contributed by atoms with Gasteiger partial charge in [0.1, 0.15) is 5.84 Å². The predicted molar refractivity (Wildman–Crippen MR) is 111 cm³/mol. The number of amidine groups is 1. The maximum Gasteiger partial charge on any atom is 0.308 e. The third-order valence-corrected chi connectivity index (χ3v) is 6.45. The third-order valence-electron chi connectivity index (χ3n) is 5.06. The van der Waals surface area contributed by atoms with Crippen molar-refractivity contribution in [2.75, 3.05) is 18.0 Å². The molecule has 0 radical (unpaired) electrons. The number of nitrogens with one attached hydrogen (secondary N) is 1. The highest BCUT2D eigenvalue weighted by Gasteiger charge is 2.31. The zero-order valence-corrected chi connectivity index (χ0v) is 17.2. The summed E-state index contributed by atoms with van der Waals surface area (Å²) in [5.74, 6) is -0.630. The highest BCUT2D eigenvalue weighted by atomic mass is 32.2. The lowest BCUT2D eigenvalue weighted by molar-refractivity contribution is -0.153. The highest BCUT2D eigenvalue weighted by molar-refractivity contribution is 7.90. The molecule has 156 valence electrons. The largest absolute Gasteiger partial charge is 0.452 e. The molecule has 4 rings (SSSR count). The van der Waals surface area contributed by atoms with Gasteiger partial charge < -0.3 is 9.64 Å². The average Bonchev–Trinajstić information content (AvgIpc) is 3.26. The van der Waals surface area contributed by atoms with E-state index in [1.807, 2.05) is 24.3 Å². The van der Waals surface area contributed by atoms with E-state index in [-0.39, 0.29) is 29.6 Å². The number of benzene rings is 2. The number of nitrogens with zero attached hydrogens (tertiary/aromatic N) is 2. The number of rotatable bonds is 5. The summed E-state index contributed by atoms with van der Waals surface area (Å²) in [7, 11) is -3.62. The summed E-state index contributed by atoms with van der Waals surface area (Å²) in [6.07, 6.45) is -0.207. The van der Waals surface area contributed by atoms with Gasteiger partial charge >= 0.3 is 5.97 Å². The molecule has 8 nitrogen and oxygen atoms in total. The molecule has 1 unspecified atom stereocenters. The fraction of sp³-hybridized carbons (Fsp3) is 0.286. The molecule has 0 fully saturated rings. The van der Waals surface area contributed by atoms with Crippen LogP contribution < -0.4 is 9.62 Å². The van der Waals surface area contributed by atoms with Crippen molar-refractivity contribution in [2.45, 2.75) is 30.8 Å². The molecule has 0 saturated heterocycles. The van der Waals surface area contributed by atoms with Crippen molar-refractivity contribution < 1.29 is 22.7 Å². The Labute approximate surface area is 174 Å². The number of hydrogen-bond acceptors (Lipinski definition) is 6. The van der Waals surface area contributed by atoms with Crippen LogP contribution in [-0.2, 0) is 30.8 Å². The van der Waals surface area contributed by atoms with E-state index in [0.717, 1.165) is 17.7 Å². The molecule has 30 heavy (non-hydrogen) atoms. The number of hydrogen-bond donors (Lipinski definition) is 1. The van der Waals surface area contributed by atoms with E-state index < -0.39 is 22.1 Å². The Balaban J connectivity index is 1.34. The van der Waals surface area contributed by atoms with E-state index in [2.05, 4.69) is 9.71 Å². The fourth-order valence-corrected chi connectivity index (χ4v) is 4.85. The summed E-state index contributed by atoms with van der Waals surface area (Å²) < 4.78 is 31.8. The molecule has 2 aromatic rings. The molecule has 0 spiro atoms. The topological polar surface area (TPSA) is 105 Å². The zero-order chi connectivity index (χ0) is 21.3. The van der Waals surface area contributed by atoms with Crippen molar-refractivity contribution >= 4 is 33.4 Å². The standard InChI is InChI=1S/C21H21N3O5S/c1-14(21(26)24-13-11-15-6-2-4-8-17(15)24)29-19(25)10-12-22-20-16-7-3-5-9-18(16)30(27,28)23-20/h2-9,14H,10-13H2,1H3,(H,22,23). The number of carbonyl (C=O) groups is 2. The van der Waals surface area contributed by atoms with E-state index in [1.54, 1.807) is 30.0 Å². The van der Waals surface area contributed by atoms with Crippen LogP contribution in [0.5, 0.6) is 0 Å². The molecule has 0 aromatic heterocycles. The first-order valence-corrected chi connectivity index (χ1v) is 11.1. The van der Waals surface area contributed by atoms with Crippen LogP contribution in [0.25, 0.3) is 0 Å². The summed E-state index contributed by atoms with van der Waals surface area (Å²) in [6.45, 7) is 2.15. The lowest BCUT2D eigenvalue weighted by Crippen LogP contribution is -2.39. The summed E-state index contributed by atoms with van der Waals surface area (Å²) in [5, 5.41) is 0. The van der Waals surface area contributed by atoms with Crippen LogP contribution in [0.15, 0.2) is 58.4 Å². The smallest absolute Gasteiger partial charge is 0.308 e. The number of sulfonamides is 1. The lowest BCUT2D eigenvalue weighted by atomic mass is 10.2. The van der Waals surface area contributed by atoms with Gasteiger partial charge in [0.15, 0.2) is 6.10 Å². The van der Waals surface area contributed by atoms with Gasteiger partial charge in [0.05, 0.1) is 17.9 Å². The van der Waals surface area contributed by atoms with Crippen molar-refractivity contribution in [1.82, 2.24) is 4.72 Å². The number of fused-ring (bicyclic) bond motifs is 2. The van der Waals surface area contributed by atoms with Crippen molar-refractivity contribution in [2.24, 2.45) is 4.99 Å².